The highest BCUT2D eigenvalue weighted by Gasteiger charge is 2.08. The number of anilines is 4. The Morgan fingerprint density at radius 2 is 1.79 bits per heavy atom. The summed E-state index contributed by atoms with van der Waals surface area (Å²) < 4.78 is 5.60. The molecule has 0 radical (unpaired) electrons. The van der Waals surface area contributed by atoms with E-state index in [-0.39, 0.29) is 5.91 Å². The van der Waals surface area contributed by atoms with E-state index in [4.69, 9.17) is 4.74 Å². The van der Waals surface area contributed by atoms with Crippen molar-refractivity contribution in [1.82, 2.24) is 4.98 Å². The molecule has 6 nitrogen and oxygen atoms in total. The van der Waals surface area contributed by atoms with Gasteiger partial charge in [-0.05, 0) is 55.5 Å². The van der Waals surface area contributed by atoms with Crippen LogP contribution in [0.2, 0.25) is 0 Å². The number of hydrogen-bond acceptors (Lipinski definition) is 5. The van der Waals surface area contributed by atoms with Crippen LogP contribution in [-0.2, 0) is 0 Å². The second-order valence-electron chi connectivity index (χ2n) is 6.38. The Kier molecular flexibility index (Phi) is 6.11. The molecule has 0 aliphatic heterocycles. The second-order valence-corrected chi connectivity index (χ2v) is 6.38. The number of rotatable bonds is 7. The monoisotopic (exact) mass is 376 g/mol. The second kappa shape index (κ2) is 8.90. The number of ether oxygens (including phenoxy) is 1. The highest BCUT2D eigenvalue weighted by Crippen LogP contribution is 2.26. The minimum atomic E-state index is -0.202. The topological polar surface area (TPSA) is 66.5 Å². The van der Waals surface area contributed by atoms with Gasteiger partial charge in [0.1, 0.15) is 11.6 Å². The standard InChI is InChI=1S/C22H24N4O2/c1-4-28-20-8-6-5-7-19(20)25-21-14-9-16(15-23-21)22(27)24-17-10-12-18(13-11-17)26(2)3/h5-15H,4H2,1-3H3,(H,23,25)(H,24,27). The summed E-state index contributed by atoms with van der Waals surface area (Å²) in [5.74, 6) is 1.19. The van der Waals surface area contributed by atoms with Crippen LogP contribution in [-0.4, -0.2) is 31.6 Å². The molecule has 6 heteroatoms. The molecule has 3 aromatic rings. The summed E-state index contributed by atoms with van der Waals surface area (Å²) in [4.78, 5) is 18.8. The van der Waals surface area contributed by atoms with Crippen LogP contribution in [0.3, 0.4) is 0 Å². The summed E-state index contributed by atoms with van der Waals surface area (Å²) >= 11 is 0. The highest BCUT2D eigenvalue weighted by molar-refractivity contribution is 6.04. The van der Waals surface area contributed by atoms with E-state index < -0.39 is 0 Å². The maximum Gasteiger partial charge on any atom is 0.257 e. The van der Waals surface area contributed by atoms with Crippen molar-refractivity contribution in [1.29, 1.82) is 0 Å². The molecule has 0 atom stereocenters. The van der Waals surface area contributed by atoms with Gasteiger partial charge in [-0.3, -0.25) is 4.79 Å². The van der Waals surface area contributed by atoms with E-state index >= 15 is 0 Å². The Morgan fingerprint density at radius 1 is 1.04 bits per heavy atom. The average Bonchev–Trinajstić information content (AvgIpc) is 2.70. The first-order valence-electron chi connectivity index (χ1n) is 9.10. The van der Waals surface area contributed by atoms with Gasteiger partial charge in [-0.25, -0.2) is 4.98 Å². The number of carbonyl (C=O) groups is 1. The Hall–Kier alpha value is -3.54. The maximum absolute atomic E-state index is 12.4. The highest BCUT2D eigenvalue weighted by atomic mass is 16.5. The van der Waals surface area contributed by atoms with E-state index in [1.807, 2.05) is 74.4 Å². The lowest BCUT2D eigenvalue weighted by Gasteiger charge is -2.13. The molecule has 0 spiro atoms. The SMILES string of the molecule is CCOc1ccccc1Nc1ccc(C(=O)Nc2ccc(N(C)C)cc2)cn1. The van der Waals surface area contributed by atoms with Gasteiger partial charge in [0.15, 0.2) is 0 Å². The van der Waals surface area contributed by atoms with Crippen molar-refractivity contribution in [2.75, 3.05) is 36.2 Å². The minimum absolute atomic E-state index is 0.202. The van der Waals surface area contributed by atoms with Crippen LogP contribution in [0.5, 0.6) is 5.75 Å². The molecule has 0 aliphatic carbocycles. The molecule has 1 aromatic heterocycles. The lowest BCUT2D eigenvalue weighted by Crippen LogP contribution is -2.13. The number of hydrogen-bond donors (Lipinski definition) is 2. The Balaban J connectivity index is 1.66. The molecular weight excluding hydrogens is 352 g/mol. The van der Waals surface area contributed by atoms with Crippen LogP contribution in [0.4, 0.5) is 22.9 Å². The van der Waals surface area contributed by atoms with E-state index in [0.29, 0.717) is 18.0 Å². The summed E-state index contributed by atoms with van der Waals surface area (Å²) in [5, 5.41) is 6.10. The van der Waals surface area contributed by atoms with Crippen molar-refractivity contribution in [2.24, 2.45) is 0 Å². The normalized spacial score (nSPS) is 10.2. The average molecular weight is 376 g/mol. The molecule has 3 rings (SSSR count). The van der Waals surface area contributed by atoms with E-state index in [0.717, 1.165) is 22.8 Å². The number of nitrogens with zero attached hydrogens (tertiary/aromatic N) is 2. The van der Waals surface area contributed by atoms with Crippen LogP contribution in [0, 0.1) is 0 Å². The van der Waals surface area contributed by atoms with Crippen LogP contribution in [0.25, 0.3) is 0 Å². The third kappa shape index (κ3) is 4.79. The number of carbonyl (C=O) groups excluding carboxylic acids is 1. The van der Waals surface area contributed by atoms with Crippen molar-refractivity contribution in [3.63, 3.8) is 0 Å². The van der Waals surface area contributed by atoms with Crippen molar-refractivity contribution in [3.05, 3.63) is 72.4 Å². The summed E-state index contributed by atoms with van der Waals surface area (Å²) in [7, 11) is 3.95. The van der Waals surface area contributed by atoms with Gasteiger partial charge >= 0.3 is 0 Å². The van der Waals surface area contributed by atoms with E-state index in [1.165, 1.54) is 0 Å². The summed E-state index contributed by atoms with van der Waals surface area (Å²) in [6, 6.07) is 18.8. The van der Waals surface area contributed by atoms with Gasteiger partial charge in [0, 0.05) is 31.7 Å². The molecule has 2 N–H and O–H groups in total. The molecular formula is C22H24N4O2. The maximum atomic E-state index is 12.4. The molecule has 144 valence electrons. The molecule has 28 heavy (non-hydrogen) atoms. The van der Waals surface area contributed by atoms with Gasteiger partial charge in [0.25, 0.3) is 5.91 Å². The molecule has 0 saturated carbocycles. The zero-order valence-electron chi connectivity index (χ0n) is 16.3. The third-order valence-electron chi connectivity index (χ3n) is 4.12. The van der Waals surface area contributed by atoms with E-state index in [1.54, 1.807) is 18.3 Å². The first-order valence-corrected chi connectivity index (χ1v) is 9.10. The van der Waals surface area contributed by atoms with Gasteiger partial charge in [0.05, 0.1) is 17.9 Å². The van der Waals surface area contributed by atoms with Crippen molar-refractivity contribution in [2.45, 2.75) is 6.92 Å². The van der Waals surface area contributed by atoms with Crippen molar-refractivity contribution in [3.8, 4) is 5.75 Å². The van der Waals surface area contributed by atoms with Gasteiger partial charge in [-0.15, -0.1) is 0 Å². The molecule has 2 aromatic carbocycles. The summed E-state index contributed by atoms with van der Waals surface area (Å²) in [6.45, 7) is 2.53. The number of amides is 1. The smallest absolute Gasteiger partial charge is 0.257 e. The number of pyridine rings is 1. The van der Waals surface area contributed by atoms with Crippen LogP contribution < -0.4 is 20.3 Å². The molecule has 0 bridgehead atoms. The Morgan fingerprint density at radius 3 is 2.43 bits per heavy atom. The summed E-state index contributed by atoms with van der Waals surface area (Å²) in [6.07, 6.45) is 1.55. The molecule has 0 fully saturated rings. The fourth-order valence-corrected chi connectivity index (χ4v) is 2.64. The van der Waals surface area contributed by atoms with Crippen LogP contribution in [0.1, 0.15) is 17.3 Å². The van der Waals surface area contributed by atoms with Crippen LogP contribution in [0.15, 0.2) is 66.9 Å². The largest absolute Gasteiger partial charge is 0.492 e. The first kappa shape index (κ1) is 19.2. The zero-order valence-corrected chi connectivity index (χ0v) is 16.3. The number of aromatic nitrogens is 1. The minimum Gasteiger partial charge on any atom is -0.492 e. The summed E-state index contributed by atoms with van der Waals surface area (Å²) in [5.41, 5.74) is 3.13. The van der Waals surface area contributed by atoms with E-state index in [9.17, 15) is 4.79 Å². The third-order valence-corrected chi connectivity index (χ3v) is 4.12. The fraction of sp³-hybridized carbons (Fsp3) is 0.182. The zero-order chi connectivity index (χ0) is 19.9. The molecule has 0 saturated heterocycles. The Labute approximate surface area is 165 Å². The molecule has 0 aliphatic rings. The van der Waals surface area contributed by atoms with Gasteiger partial charge in [0.2, 0.25) is 0 Å². The van der Waals surface area contributed by atoms with Crippen LogP contribution >= 0.6 is 0 Å². The first-order chi connectivity index (χ1) is 13.6. The molecule has 1 amide bonds. The Bertz CT molecular complexity index is 922. The van der Waals surface area contributed by atoms with Gasteiger partial charge < -0.3 is 20.3 Å². The molecule has 1 heterocycles. The van der Waals surface area contributed by atoms with Crippen molar-refractivity contribution < 1.29 is 9.53 Å². The van der Waals surface area contributed by atoms with Gasteiger partial charge in [-0.2, -0.15) is 0 Å². The number of para-hydroxylation sites is 2. The fourth-order valence-electron chi connectivity index (χ4n) is 2.64. The van der Waals surface area contributed by atoms with Crippen molar-refractivity contribution >= 4 is 28.8 Å². The number of nitrogens with one attached hydrogen (secondary N) is 2. The molecule has 0 unspecified atom stereocenters. The predicted molar refractivity (Wildman–Crippen MR) is 114 cm³/mol. The lowest BCUT2D eigenvalue weighted by atomic mass is 10.2. The van der Waals surface area contributed by atoms with E-state index in [2.05, 4.69) is 15.6 Å². The number of benzene rings is 2. The lowest BCUT2D eigenvalue weighted by molar-refractivity contribution is 0.102. The predicted octanol–water partition coefficient (Wildman–Crippen LogP) is 4.54. The quantitative estimate of drug-likeness (QED) is 0.634. The van der Waals surface area contributed by atoms with Gasteiger partial charge in [-0.1, -0.05) is 12.1 Å².